The molecule has 1 aliphatic rings. The van der Waals surface area contributed by atoms with Crippen LogP contribution in [-0.4, -0.2) is 17.0 Å². The van der Waals surface area contributed by atoms with Gasteiger partial charge in [0.15, 0.2) is 0 Å². The van der Waals surface area contributed by atoms with Crippen LogP contribution >= 0.6 is 15.9 Å². The number of hydrogen-bond acceptors (Lipinski definition) is 3. The molecule has 21 heavy (non-hydrogen) atoms. The Bertz CT molecular complexity index is 561. The monoisotopic (exact) mass is 348 g/mol. The highest BCUT2D eigenvalue weighted by atomic mass is 79.9. The highest BCUT2D eigenvalue weighted by Gasteiger charge is 2.36. The summed E-state index contributed by atoms with van der Waals surface area (Å²) in [5.41, 5.74) is 7.59. The van der Waals surface area contributed by atoms with Crippen LogP contribution in [-0.2, 0) is 6.54 Å². The molecule has 2 N–H and O–H groups in total. The molecule has 1 fully saturated rings. The van der Waals surface area contributed by atoms with Crippen LogP contribution in [0.25, 0.3) is 0 Å². The Kier molecular flexibility index (Phi) is 4.48. The van der Waals surface area contributed by atoms with Crippen molar-refractivity contribution in [1.29, 1.82) is 0 Å². The van der Waals surface area contributed by atoms with Gasteiger partial charge >= 0.3 is 0 Å². The number of rotatable bonds is 6. The summed E-state index contributed by atoms with van der Waals surface area (Å²) in [5.74, 6) is 1.00. The highest BCUT2D eigenvalue weighted by molar-refractivity contribution is 9.10. The lowest BCUT2D eigenvalue weighted by Crippen LogP contribution is -2.40. The summed E-state index contributed by atoms with van der Waals surface area (Å²) in [6.45, 7) is 2.91. The average Bonchev–Trinajstić information content (AvgIpc) is 3.18. The van der Waals surface area contributed by atoms with E-state index in [0.29, 0.717) is 6.04 Å². The second kappa shape index (κ2) is 6.34. The maximum absolute atomic E-state index is 6.32. The van der Waals surface area contributed by atoms with Crippen molar-refractivity contribution in [3.8, 4) is 0 Å². The summed E-state index contributed by atoms with van der Waals surface area (Å²) in [5, 5.41) is 0. The molecular weight excluding hydrogens is 328 g/mol. The second-order valence-corrected chi connectivity index (χ2v) is 6.75. The third kappa shape index (κ3) is 3.57. The molecule has 2 atom stereocenters. The zero-order chi connectivity index (χ0) is 14.8. The summed E-state index contributed by atoms with van der Waals surface area (Å²) in [6.07, 6.45) is 4.24. The van der Waals surface area contributed by atoms with Gasteiger partial charge in [0.2, 0.25) is 0 Å². The Hall–Kier alpha value is -1.10. The first-order chi connectivity index (χ1) is 10.1. The minimum atomic E-state index is 0.0711. The molecule has 1 aromatic heterocycles. The van der Waals surface area contributed by atoms with Crippen LogP contribution in [0.15, 0.2) is 51.6 Å². The molecule has 0 amide bonds. The molecule has 1 heterocycles. The SMILES string of the molecule is CC(N)C(c1ccc(Br)cc1)N(Cc1ccco1)C1CC1. The topological polar surface area (TPSA) is 42.4 Å². The van der Waals surface area contributed by atoms with Crippen LogP contribution in [0.2, 0.25) is 0 Å². The zero-order valence-electron chi connectivity index (χ0n) is 12.2. The first-order valence-electron chi connectivity index (χ1n) is 7.44. The fourth-order valence-electron chi connectivity index (χ4n) is 2.90. The lowest BCUT2D eigenvalue weighted by Gasteiger charge is -2.34. The smallest absolute Gasteiger partial charge is 0.117 e. The minimum Gasteiger partial charge on any atom is -0.468 e. The van der Waals surface area contributed by atoms with Crippen LogP contribution < -0.4 is 5.73 Å². The molecule has 3 nitrogen and oxygen atoms in total. The van der Waals surface area contributed by atoms with Gasteiger partial charge in [0.05, 0.1) is 18.8 Å². The third-order valence-corrected chi connectivity index (χ3v) is 4.53. The van der Waals surface area contributed by atoms with Crippen molar-refractivity contribution in [2.24, 2.45) is 5.73 Å². The van der Waals surface area contributed by atoms with E-state index in [1.807, 2.05) is 12.1 Å². The van der Waals surface area contributed by atoms with E-state index >= 15 is 0 Å². The maximum Gasteiger partial charge on any atom is 0.117 e. The van der Waals surface area contributed by atoms with Gasteiger partial charge in [0, 0.05) is 16.6 Å². The summed E-state index contributed by atoms with van der Waals surface area (Å²) >= 11 is 3.50. The summed E-state index contributed by atoms with van der Waals surface area (Å²) in [6, 6.07) is 13.4. The van der Waals surface area contributed by atoms with E-state index in [9.17, 15) is 0 Å². The van der Waals surface area contributed by atoms with Crippen LogP contribution in [0.1, 0.15) is 37.1 Å². The van der Waals surface area contributed by atoms with Crippen molar-refractivity contribution in [1.82, 2.24) is 4.90 Å². The van der Waals surface area contributed by atoms with Crippen molar-refractivity contribution in [3.05, 3.63) is 58.5 Å². The predicted octanol–water partition coefficient (Wildman–Crippen LogP) is 4.10. The van der Waals surface area contributed by atoms with E-state index in [0.717, 1.165) is 16.8 Å². The average molecular weight is 349 g/mol. The summed E-state index contributed by atoms with van der Waals surface area (Å²) < 4.78 is 6.63. The standard InChI is InChI=1S/C17H21BrN2O/c1-12(19)17(13-4-6-14(18)7-5-13)20(15-8-9-15)11-16-3-2-10-21-16/h2-7,10,12,15,17H,8-9,11,19H2,1H3. The van der Waals surface area contributed by atoms with E-state index in [-0.39, 0.29) is 12.1 Å². The molecule has 0 radical (unpaired) electrons. The number of hydrogen-bond donors (Lipinski definition) is 1. The molecule has 2 aromatic rings. The van der Waals surface area contributed by atoms with Gasteiger partial charge in [-0.3, -0.25) is 4.90 Å². The Morgan fingerprint density at radius 2 is 2.00 bits per heavy atom. The van der Waals surface area contributed by atoms with Crippen molar-refractivity contribution in [3.63, 3.8) is 0 Å². The first-order valence-corrected chi connectivity index (χ1v) is 8.23. The number of halogens is 1. The Labute approximate surface area is 134 Å². The van der Waals surface area contributed by atoms with Crippen molar-refractivity contribution in [2.75, 3.05) is 0 Å². The van der Waals surface area contributed by atoms with E-state index in [4.69, 9.17) is 10.2 Å². The molecule has 0 spiro atoms. The molecule has 3 rings (SSSR count). The third-order valence-electron chi connectivity index (χ3n) is 4.00. The number of nitrogens with two attached hydrogens (primary N) is 1. The molecule has 4 heteroatoms. The van der Waals surface area contributed by atoms with Crippen LogP contribution in [0.3, 0.4) is 0 Å². The van der Waals surface area contributed by atoms with E-state index in [2.05, 4.69) is 52.0 Å². The molecule has 0 aliphatic heterocycles. The molecule has 0 saturated heterocycles. The van der Waals surface area contributed by atoms with Crippen molar-refractivity contribution in [2.45, 2.75) is 44.4 Å². The molecular formula is C17H21BrN2O. The second-order valence-electron chi connectivity index (χ2n) is 5.84. The molecule has 112 valence electrons. The van der Waals surface area contributed by atoms with Crippen molar-refractivity contribution >= 4 is 15.9 Å². The van der Waals surface area contributed by atoms with Crippen LogP contribution in [0.5, 0.6) is 0 Å². The van der Waals surface area contributed by atoms with E-state index in [1.165, 1.54) is 18.4 Å². The molecule has 1 saturated carbocycles. The predicted molar refractivity (Wildman–Crippen MR) is 87.8 cm³/mol. The van der Waals surface area contributed by atoms with Gasteiger partial charge in [-0.25, -0.2) is 0 Å². The fourth-order valence-corrected chi connectivity index (χ4v) is 3.16. The summed E-state index contributed by atoms with van der Waals surface area (Å²) in [4.78, 5) is 2.49. The normalized spacial score (nSPS) is 17.9. The fraction of sp³-hybridized carbons (Fsp3) is 0.412. The van der Waals surface area contributed by atoms with Gasteiger partial charge in [0.1, 0.15) is 5.76 Å². The van der Waals surface area contributed by atoms with Crippen LogP contribution in [0.4, 0.5) is 0 Å². The number of furan rings is 1. The Morgan fingerprint density at radius 1 is 1.29 bits per heavy atom. The van der Waals surface area contributed by atoms with Gasteiger partial charge < -0.3 is 10.2 Å². The quantitative estimate of drug-likeness (QED) is 0.854. The highest BCUT2D eigenvalue weighted by Crippen LogP contribution is 2.37. The summed E-state index contributed by atoms with van der Waals surface area (Å²) in [7, 11) is 0. The van der Waals surface area contributed by atoms with Gasteiger partial charge in [-0.1, -0.05) is 28.1 Å². The zero-order valence-corrected chi connectivity index (χ0v) is 13.8. The van der Waals surface area contributed by atoms with Gasteiger partial charge in [0.25, 0.3) is 0 Å². The van der Waals surface area contributed by atoms with Crippen molar-refractivity contribution < 1.29 is 4.42 Å². The Morgan fingerprint density at radius 3 is 2.52 bits per heavy atom. The molecule has 1 aliphatic carbocycles. The lowest BCUT2D eigenvalue weighted by atomic mass is 9.98. The van der Waals surface area contributed by atoms with E-state index < -0.39 is 0 Å². The molecule has 2 unspecified atom stereocenters. The molecule has 0 bridgehead atoms. The van der Waals surface area contributed by atoms with Crippen LogP contribution in [0, 0.1) is 0 Å². The Balaban J connectivity index is 1.87. The van der Waals surface area contributed by atoms with E-state index in [1.54, 1.807) is 6.26 Å². The maximum atomic E-state index is 6.32. The van der Waals surface area contributed by atoms with Gasteiger partial charge in [-0.05, 0) is 49.6 Å². The van der Waals surface area contributed by atoms with Gasteiger partial charge in [-0.2, -0.15) is 0 Å². The first kappa shape index (κ1) is 14.8. The largest absolute Gasteiger partial charge is 0.468 e. The molecule has 1 aromatic carbocycles. The minimum absolute atomic E-state index is 0.0711. The van der Waals surface area contributed by atoms with Gasteiger partial charge in [-0.15, -0.1) is 0 Å². The number of benzene rings is 1. The lowest BCUT2D eigenvalue weighted by molar-refractivity contribution is 0.146. The number of nitrogens with zero attached hydrogens (tertiary/aromatic N) is 1.